The number of benzene rings is 1. The third-order valence-corrected chi connectivity index (χ3v) is 4.81. The molecule has 0 aliphatic carbocycles. The molecule has 0 radical (unpaired) electrons. The van der Waals surface area contributed by atoms with Crippen molar-refractivity contribution in [2.24, 2.45) is 5.41 Å². The highest BCUT2D eigenvalue weighted by atomic mass is 35.5. The lowest BCUT2D eigenvalue weighted by molar-refractivity contribution is 0.194. The molecule has 4 heteroatoms. The normalized spacial score (nSPS) is 21.9. The average molecular weight is 299 g/mol. The Kier molecular flexibility index (Phi) is 5.05. The Balaban J connectivity index is 0.00000147. The topological polar surface area (TPSA) is 15.3 Å². The SMILES string of the molecule is Cc1cc(CN2CCC3(CCNCC3)C2)ccc1F.Cl. The molecule has 1 aromatic carbocycles. The fraction of sp³-hybridized carbons (Fsp3) is 0.625. The van der Waals surface area contributed by atoms with Crippen molar-refractivity contribution in [1.82, 2.24) is 10.2 Å². The third-order valence-electron chi connectivity index (χ3n) is 4.81. The van der Waals surface area contributed by atoms with E-state index in [2.05, 4.69) is 10.2 Å². The molecule has 0 aromatic heterocycles. The van der Waals surface area contributed by atoms with Gasteiger partial charge in [0.15, 0.2) is 0 Å². The highest BCUT2D eigenvalue weighted by Gasteiger charge is 2.38. The Morgan fingerprint density at radius 1 is 1.25 bits per heavy atom. The van der Waals surface area contributed by atoms with Crippen molar-refractivity contribution >= 4 is 12.4 Å². The molecule has 2 nitrogen and oxygen atoms in total. The molecule has 112 valence electrons. The molecule has 0 unspecified atom stereocenters. The Morgan fingerprint density at radius 3 is 2.70 bits per heavy atom. The lowest BCUT2D eigenvalue weighted by atomic mass is 9.78. The molecule has 2 fully saturated rings. The summed E-state index contributed by atoms with van der Waals surface area (Å²) < 4.78 is 13.3. The number of nitrogens with zero attached hydrogens (tertiary/aromatic N) is 1. The van der Waals surface area contributed by atoms with Crippen LogP contribution in [0.25, 0.3) is 0 Å². The van der Waals surface area contributed by atoms with Crippen LogP contribution >= 0.6 is 12.4 Å². The summed E-state index contributed by atoms with van der Waals surface area (Å²) in [6, 6.07) is 5.51. The predicted octanol–water partition coefficient (Wildman–Crippen LogP) is 3.13. The van der Waals surface area contributed by atoms with Crippen LogP contribution in [0.2, 0.25) is 0 Å². The van der Waals surface area contributed by atoms with Gasteiger partial charge >= 0.3 is 0 Å². The summed E-state index contributed by atoms with van der Waals surface area (Å²) in [5.74, 6) is -0.0972. The maximum Gasteiger partial charge on any atom is 0.126 e. The highest BCUT2D eigenvalue weighted by molar-refractivity contribution is 5.85. The van der Waals surface area contributed by atoms with E-state index >= 15 is 0 Å². The number of piperidine rings is 1. The smallest absolute Gasteiger partial charge is 0.126 e. The van der Waals surface area contributed by atoms with E-state index < -0.39 is 0 Å². The van der Waals surface area contributed by atoms with E-state index in [1.54, 1.807) is 6.07 Å². The van der Waals surface area contributed by atoms with Gasteiger partial charge < -0.3 is 5.32 Å². The molecule has 1 N–H and O–H groups in total. The summed E-state index contributed by atoms with van der Waals surface area (Å²) in [5.41, 5.74) is 2.55. The number of hydrogen-bond donors (Lipinski definition) is 1. The van der Waals surface area contributed by atoms with Crippen LogP contribution in [0.15, 0.2) is 18.2 Å². The van der Waals surface area contributed by atoms with E-state index in [0.29, 0.717) is 5.41 Å². The second kappa shape index (κ2) is 6.42. The monoisotopic (exact) mass is 298 g/mol. The van der Waals surface area contributed by atoms with Gasteiger partial charge in [0.2, 0.25) is 0 Å². The summed E-state index contributed by atoms with van der Waals surface area (Å²) in [7, 11) is 0. The molecule has 0 bridgehead atoms. The van der Waals surface area contributed by atoms with Gasteiger partial charge in [0.1, 0.15) is 5.82 Å². The number of rotatable bonds is 2. The van der Waals surface area contributed by atoms with Crippen molar-refractivity contribution in [2.45, 2.75) is 32.7 Å². The van der Waals surface area contributed by atoms with E-state index in [-0.39, 0.29) is 18.2 Å². The second-order valence-electron chi connectivity index (χ2n) is 6.29. The maximum atomic E-state index is 13.3. The first kappa shape index (κ1) is 15.7. The summed E-state index contributed by atoms with van der Waals surface area (Å²) >= 11 is 0. The van der Waals surface area contributed by atoms with Crippen molar-refractivity contribution in [3.63, 3.8) is 0 Å². The Hall–Kier alpha value is -0.640. The fourth-order valence-corrected chi connectivity index (χ4v) is 3.59. The molecule has 2 aliphatic heterocycles. The fourth-order valence-electron chi connectivity index (χ4n) is 3.59. The molecule has 0 atom stereocenters. The maximum absolute atomic E-state index is 13.3. The molecule has 20 heavy (non-hydrogen) atoms. The van der Waals surface area contributed by atoms with Crippen LogP contribution in [0.4, 0.5) is 4.39 Å². The minimum absolute atomic E-state index is 0. The highest BCUT2D eigenvalue weighted by Crippen LogP contribution is 2.39. The molecule has 1 aromatic rings. The summed E-state index contributed by atoms with van der Waals surface area (Å²) in [6.07, 6.45) is 3.95. The zero-order valence-electron chi connectivity index (χ0n) is 12.1. The minimum Gasteiger partial charge on any atom is -0.317 e. The van der Waals surface area contributed by atoms with Crippen LogP contribution in [-0.4, -0.2) is 31.1 Å². The molecule has 0 saturated carbocycles. The zero-order chi connectivity index (χ0) is 13.3. The van der Waals surface area contributed by atoms with Gasteiger partial charge in [0.25, 0.3) is 0 Å². The molecule has 2 saturated heterocycles. The Bertz CT molecular complexity index is 458. The van der Waals surface area contributed by atoms with Crippen LogP contribution in [0.3, 0.4) is 0 Å². The van der Waals surface area contributed by atoms with Gasteiger partial charge in [0.05, 0.1) is 0 Å². The zero-order valence-corrected chi connectivity index (χ0v) is 12.9. The van der Waals surface area contributed by atoms with Crippen LogP contribution in [0.1, 0.15) is 30.4 Å². The largest absolute Gasteiger partial charge is 0.317 e. The molecular weight excluding hydrogens is 275 g/mol. The summed E-state index contributed by atoms with van der Waals surface area (Å²) in [5, 5.41) is 3.45. The van der Waals surface area contributed by atoms with Crippen molar-refractivity contribution in [3.8, 4) is 0 Å². The van der Waals surface area contributed by atoms with Crippen LogP contribution in [0, 0.1) is 18.2 Å². The molecule has 0 amide bonds. The van der Waals surface area contributed by atoms with E-state index in [1.165, 1.54) is 51.0 Å². The Labute approximate surface area is 127 Å². The van der Waals surface area contributed by atoms with Crippen molar-refractivity contribution in [1.29, 1.82) is 0 Å². The molecule has 1 spiro atoms. The number of hydrogen-bond acceptors (Lipinski definition) is 2. The second-order valence-corrected chi connectivity index (χ2v) is 6.29. The number of aryl methyl sites for hydroxylation is 1. The first-order valence-electron chi connectivity index (χ1n) is 7.35. The summed E-state index contributed by atoms with van der Waals surface area (Å²) in [4.78, 5) is 2.54. The minimum atomic E-state index is -0.0972. The molecule has 2 aliphatic rings. The summed E-state index contributed by atoms with van der Waals surface area (Å²) in [6.45, 7) is 7.56. The van der Waals surface area contributed by atoms with Crippen molar-refractivity contribution < 1.29 is 4.39 Å². The Morgan fingerprint density at radius 2 is 2.00 bits per heavy atom. The van der Waals surface area contributed by atoms with E-state index in [1.807, 2.05) is 19.1 Å². The first-order valence-corrected chi connectivity index (χ1v) is 7.35. The number of likely N-dealkylation sites (tertiary alicyclic amines) is 1. The first-order chi connectivity index (χ1) is 9.17. The van der Waals surface area contributed by atoms with E-state index in [9.17, 15) is 4.39 Å². The standard InChI is InChI=1S/C16H23FN2.ClH/c1-13-10-14(2-3-15(13)17)11-19-9-6-16(12-19)4-7-18-8-5-16;/h2-3,10,18H,4-9,11-12H2,1H3;1H. The third kappa shape index (κ3) is 3.33. The van der Waals surface area contributed by atoms with Crippen molar-refractivity contribution in [2.75, 3.05) is 26.2 Å². The van der Waals surface area contributed by atoms with Crippen LogP contribution < -0.4 is 5.32 Å². The van der Waals surface area contributed by atoms with E-state index in [0.717, 1.165) is 12.1 Å². The van der Waals surface area contributed by atoms with Crippen LogP contribution in [0.5, 0.6) is 0 Å². The van der Waals surface area contributed by atoms with Gasteiger partial charge in [-0.25, -0.2) is 4.39 Å². The van der Waals surface area contributed by atoms with Crippen molar-refractivity contribution in [3.05, 3.63) is 35.1 Å². The van der Waals surface area contributed by atoms with E-state index in [4.69, 9.17) is 0 Å². The number of nitrogens with one attached hydrogen (secondary N) is 1. The van der Waals surface area contributed by atoms with Crippen LogP contribution in [-0.2, 0) is 6.54 Å². The van der Waals surface area contributed by atoms with Gasteiger partial charge in [-0.05, 0) is 68.4 Å². The van der Waals surface area contributed by atoms with Gasteiger partial charge in [0, 0.05) is 13.1 Å². The molecular formula is C16H24ClFN2. The number of halogens is 2. The lowest BCUT2D eigenvalue weighted by Crippen LogP contribution is -2.38. The van der Waals surface area contributed by atoms with Gasteiger partial charge in [-0.15, -0.1) is 12.4 Å². The lowest BCUT2D eigenvalue weighted by Gasteiger charge is -2.34. The predicted molar refractivity (Wildman–Crippen MR) is 82.8 cm³/mol. The molecule has 3 rings (SSSR count). The average Bonchev–Trinajstić information content (AvgIpc) is 2.78. The molecule has 2 heterocycles. The van der Waals surface area contributed by atoms with Gasteiger partial charge in [-0.3, -0.25) is 4.90 Å². The quantitative estimate of drug-likeness (QED) is 0.902. The van der Waals surface area contributed by atoms with Gasteiger partial charge in [-0.2, -0.15) is 0 Å². The van der Waals surface area contributed by atoms with Gasteiger partial charge in [-0.1, -0.05) is 12.1 Å².